The second kappa shape index (κ2) is 6.66. The van der Waals surface area contributed by atoms with Gasteiger partial charge < -0.3 is 0 Å². The molecule has 100 valence electrons. The topological polar surface area (TPSA) is 63.2 Å². The van der Waals surface area contributed by atoms with Crippen molar-refractivity contribution < 1.29 is 13.2 Å². The molecule has 1 aromatic rings. The van der Waals surface area contributed by atoms with Gasteiger partial charge in [-0.1, -0.05) is 26.0 Å². The molecule has 0 spiro atoms. The summed E-state index contributed by atoms with van der Waals surface area (Å²) in [7, 11) is -3.40. The molecule has 0 aliphatic heterocycles. The lowest BCUT2D eigenvalue weighted by Crippen LogP contribution is -2.23. The summed E-state index contributed by atoms with van der Waals surface area (Å²) in [6, 6.07) is 6.45. The van der Waals surface area contributed by atoms with Crippen molar-refractivity contribution in [1.29, 1.82) is 0 Å². The first-order valence-corrected chi connectivity index (χ1v) is 7.58. The average molecular weight is 269 g/mol. The monoisotopic (exact) mass is 269 g/mol. The summed E-state index contributed by atoms with van der Waals surface area (Å²) in [6.45, 7) is 4.05. The maximum absolute atomic E-state index is 11.7. The highest BCUT2D eigenvalue weighted by molar-refractivity contribution is 7.89. The van der Waals surface area contributed by atoms with Crippen LogP contribution in [0.2, 0.25) is 0 Å². The molecule has 5 heteroatoms. The third-order valence-corrected chi connectivity index (χ3v) is 4.06. The Morgan fingerprint density at radius 3 is 2.28 bits per heavy atom. The fourth-order valence-corrected chi connectivity index (χ4v) is 2.70. The number of sulfonamides is 1. The van der Waals surface area contributed by atoms with Gasteiger partial charge in [-0.2, -0.15) is 0 Å². The Bertz CT molecular complexity index is 491. The molecular weight excluding hydrogens is 250 g/mol. The number of benzene rings is 1. The van der Waals surface area contributed by atoms with Crippen LogP contribution in [0.5, 0.6) is 0 Å². The second-order valence-corrected chi connectivity index (χ2v) is 5.88. The van der Waals surface area contributed by atoms with Crippen LogP contribution in [0.4, 0.5) is 0 Å². The summed E-state index contributed by atoms with van der Waals surface area (Å²) in [5.41, 5.74) is 0.851. The van der Waals surface area contributed by atoms with Crippen molar-refractivity contribution in [2.45, 2.75) is 38.0 Å². The van der Waals surface area contributed by atoms with Crippen molar-refractivity contribution in [3.8, 4) is 0 Å². The molecule has 0 aromatic heterocycles. The van der Waals surface area contributed by atoms with Crippen LogP contribution in [-0.4, -0.2) is 20.7 Å². The predicted molar refractivity (Wildman–Crippen MR) is 70.9 cm³/mol. The molecule has 0 atom stereocenters. The minimum Gasteiger partial charge on any atom is -0.299 e. The van der Waals surface area contributed by atoms with Gasteiger partial charge >= 0.3 is 0 Å². The molecule has 18 heavy (non-hydrogen) atoms. The molecule has 0 amide bonds. The molecule has 0 saturated carbocycles. The van der Waals surface area contributed by atoms with Crippen LogP contribution in [0.1, 0.15) is 32.3 Å². The summed E-state index contributed by atoms with van der Waals surface area (Å²) >= 11 is 0. The number of rotatable bonds is 7. The van der Waals surface area contributed by atoms with Crippen LogP contribution in [0, 0.1) is 0 Å². The molecule has 1 rings (SSSR count). The van der Waals surface area contributed by atoms with Crippen LogP contribution >= 0.6 is 0 Å². The van der Waals surface area contributed by atoms with Crippen molar-refractivity contribution in [3.63, 3.8) is 0 Å². The van der Waals surface area contributed by atoms with E-state index < -0.39 is 10.0 Å². The zero-order valence-corrected chi connectivity index (χ0v) is 11.6. The Kier molecular flexibility index (Phi) is 5.50. The van der Waals surface area contributed by atoms with Crippen LogP contribution in [0.25, 0.3) is 0 Å². The zero-order chi connectivity index (χ0) is 13.6. The number of nitrogens with one attached hydrogen (secondary N) is 1. The standard InChI is InChI=1S/C13H19NO3S/c1-3-5-12(15)10-11-6-8-13(9-7-11)18(16,17)14-4-2/h6-9,14H,3-5,10H2,1-2H3. The Morgan fingerprint density at radius 2 is 1.78 bits per heavy atom. The van der Waals surface area contributed by atoms with E-state index in [1.165, 1.54) is 12.1 Å². The fraction of sp³-hybridized carbons (Fsp3) is 0.462. The normalized spacial score (nSPS) is 11.4. The Hall–Kier alpha value is -1.20. The molecule has 1 aromatic carbocycles. The van der Waals surface area contributed by atoms with Crippen LogP contribution in [0.3, 0.4) is 0 Å². The summed E-state index contributed by atoms with van der Waals surface area (Å²) in [5.74, 6) is 0.180. The summed E-state index contributed by atoms with van der Waals surface area (Å²) in [6.07, 6.45) is 1.78. The minimum absolute atomic E-state index is 0.180. The van der Waals surface area contributed by atoms with Crippen molar-refractivity contribution in [1.82, 2.24) is 4.72 Å². The number of carbonyl (C=O) groups excluding carboxylic acids is 1. The van der Waals surface area contributed by atoms with Crippen LogP contribution in [0.15, 0.2) is 29.2 Å². The largest absolute Gasteiger partial charge is 0.299 e. The van der Waals surface area contributed by atoms with Crippen LogP contribution in [-0.2, 0) is 21.2 Å². The highest BCUT2D eigenvalue weighted by atomic mass is 32.2. The lowest BCUT2D eigenvalue weighted by molar-refractivity contribution is -0.118. The molecule has 4 nitrogen and oxygen atoms in total. The molecule has 0 heterocycles. The van der Waals surface area contributed by atoms with Gasteiger partial charge in [0.05, 0.1) is 4.90 Å². The SMILES string of the molecule is CCCC(=O)Cc1ccc(S(=O)(=O)NCC)cc1. The van der Waals surface area contributed by atoms with Gasteiger partial charge in [0.25, 0.3) is 0 Å². The highest BCUT2D eigenvalue weighted by Crippen LogP contribution is 2.11. The first-order valence-electron chi connectivity index (χ1n) is 6.10. The zero-order valence-electron chi connectivity index (χ0n) is 10.8. The maximum atomic E-state index is 11.7. The number of carbonyl (C=O) groups is 1. The lowest BCUT2D eigenvalue weighted by Gasteiger charge is -2.05. The van der Waals surface area contributed by atoms with Crippen molar-refractivity contribution in [2.75, 3.05) is 6.54 Å². The summed E-state index contributed by atoms with van der Waals surface area (Å²) in [4.78, 5) is 11.7. The van der Waals surface area contributed by atoms with Gasteiger partial charge in [-0.15, -0.1) is 0 Å². The first kappa shape index (κ1) is 14.9. The van der Waals surface area contributed by atoms with Gasteiger partial charge in [0.1, 0.15) is 5.78 Å². The second-order valence-electron chi connectivity index (χ2n) is 4.11. The molecule has 0 aliphatic rings. The van der Waals surface area contributed by atoms with Crippen molar-refractivity contribution >= 4 is 15.8 Å². The lowest BCUT2D eigenvalue weighted by atomic mass is 10.1. The van der Waals surface area contributed by atoms with Gasteiger partial charge in [-0.25, -0.2) is 13.1 Å². The molecule has 0 saturated heterocycles. The van der Waals surface area contributed by atoms with E-state index in [0.717, 1.165) is 12.0 Å². The Labute approximate surface area is 108 Å². The molecule has 0 unspecified atom stereocenters. The smallest absolute Gasteiger partial charge is 0.240 e. The molecule has 1 N–H and O–H groups in total. The van der Waals surface area contributed by atoms with E-state index in [1.54, 1.807) is 19.1 Å². The first-order chi connectivity index (χ1) is 8.49. The van der Waals surface area contributed by atoms with E-state index in [-0.39, 0.29) is 10.7 Å². The van der Waals surface area contributed by atoms with Gasteiger partial charge in [0, 0.05) is 19.4 Å². The predicted octanol–water partition coefficient (Wildman–Crippen LogP) is 1.90. The number of ketones is 1. The molecule has 0 aliphatic carbocycles. The van der Waals surface area contributed by atoms with Crippen molar-refractivity contribution in [3.05, 3.63) is 29.8 Å². The molecule has 0 radical (unpaired) electrons. The van der Waals surface area contributed by atoms with Gasteiger partial charge in [0.15, 0.2) is 0 Å². The van der Waals surface area contributed by atoms with E-state index in [0.29, 0.717) is 19.4 Å². The van der Waals surface area contributed by atoms with E-state index >= 15 is 0 Å². The quantitative estimate of drug-likeness (QED) is 0.822. The van der Waals surface area contributed by atoms with E-state index in [4.69, 9.17) is 0 Å². The number of hydrogen-bond donors (Lipinski definition) is 1. The summed E-state index contributed by atoms with van der Waals surface area (Å²) in [5, 5.41) is 0. The van der Waals surface area contributed by atoms with Gasteiger partial charge in [-0.05, 0) is 24.1 Å². The van der Waals surface area contributed by atoms with E-state index in [2.05, 4.69) is 4.72 Å². The maximum Gasteiger partial charge on any atom is 0.240 e. The summed E-state index contributed by atoms with van der Waals surface area (Å²) < 4.78 is 25.8. The van der Waals surface area contributed by atoms with E-state index in [1.807, 2.05) is 6.92 Å². The van der Waals surface area contributed by atoms with Crippen molar-refractivity contribution in [2.24, 2.45) is 0 Å². The number of hydrogen-bond acceptors (Lipinski definition) is 3. The third kappa shape index (κ3) is 4.23. The molecule has 0 bridgehead atoms. The Morgan fingerprint density at radius 1 is 1.17 bits per heavy atom. The van der Waals surface area contributed by atoms with Crippen LogP contribution < -0.4 is 4.72 Å². The molecular formula is C13H19NO3S. The fourth-order valence-electron chi connectivity index (χ4n) is 1.65. The van der Waals surface area contributed by atoms with Gasteiger partial charge in [-0.3, -0.25) is 4.79 Å². The Balaban J connectivity index is 2.77. The van der Waals surface area contributed by atoms with E-state index in [9.17, 15) is 13.2 Å². The average Bonchev–Trinajstić information content (AvgIpc) is 2.30. The third-order valence-electron chi connectivity index (χ3n) is 2.50. The highest BCUT2D eigenvalue weighted by Gasteiger charge is 2.12. The number of Topliss-reactive ketones (excluding diaryl/α,β-unsaturated/α-hetero) is 1. The molecule has 0 fully saturated rings. The minimum atomic E-state index is -3.40. The van der Waals surface area contributed by atoms with Gasteiger partial charge in [0.2, 0.25) is 10.0 Å².